The number of hydrogen-bond acceptors (Lipinski definition) is 1. The zero-order valence-electron chi connectivity index (χ0n) is 15.8. The first-order valence-electron chi connectivity index (χ1n) is 9.46. The Kier molecular flexibility index (Phi) is 8.00. The lowest BCUT2D eigenvalue weighted by molar-refractivity contribution is -0.130. The number of alkyl halides is 2. The van der Waals surface area contributed by atoms with Crippen molar-refractivity contribution in [2.45, 2.75) is 23.7 Å². The van der Waals surface area contributed by atoms with E-state index in [2.05, 4.69) is 24.3 Å². The zero-order chi connectivity index (χ0) is 20.6. The molecule has 0 aromatic heterocycles. The molecule has 0 heterocycles. The number of benzene rings is 3. The predicted octanol–water partition coefficient (Wildman–Crippen LogP) is 6.69. The third-order valence-electron chi connectivity index (χ3n) is 4.91. The zero-order valence-corrected chi connectivity index (χ0v) is 18.1. The summed E-state index contributed by atoms with van der Waals surface area (Å²) >= 11 is 18.1. The molecule has 0 spiro atoms. The van der Waals surface area contributed by atoms with Crippen LogP contribution in [-0.4, -0.2) is 22.2 Å². The van der Waals surface area contributed by atoms with Gasteiger partial charge in [-0.1, -0.05) is 114 Å². The summed E-state index contributed by atoms with van der Waals surface area (Å²) in [5.74, 6) is -0.156. The van der Waals surface area contributed by atoms with Crippen LogP contribution in [0.2, 0.25) is 5.02 Å². The van der Waals surface area contributed by atoms with E-state index in [0.717, 1.165) is 12.0 Å². The van der Waals surface area contributed by atoms with E-state index in [1.54, 1.807) is 4.90 Å². The molecule has 0 aliphatic carbocycles. The standard InChI is InChI=1S/C24H22Cl3NO/c25-22-14-8-7-13-20(22)17-28(24(29)23(26)27)16-15-21(18-9-3-1-4-10-18)19-11-5-2-6-12-19/h1-14,21,23H,15-17H2. The molecule has 5 heteroatoms. The molecule has 3 aromatic rings. The molecule has 0 radical (unpaired) electrons. The van der Waals surface area contributed by atoms with Crippen LogP contribution in [0, 0.1) is 0 Å². The van der Waals surface area contributed by atoms with Crippen molar-refractivity contribution in [1.82, 2.24) is 4.90 Å². The minimum Gasteiger partial charge on any atom is -0.336 e. The second-order valence-electron chi connectivity index (χ2n) is 6.81. The van der Waals surface area contributed by atoms with Gasteiger partial charge in [0.2, 0.25) is 0 Å². The van der Waals surface area contributed by atoms with E-state index in [1.807, 2.05) is 60.7 Å². The molecule has 0 saturated heterocycles. The topological polar surface area (TPSA) is 20.3 Å². The van der Waals surface area contributed by atoms with Crippen molar-refractivity contribution in [2.75, 3.05) is 6.54 Å². The van der Waals surface area contributed by atoms with Gasteiger partial charge in [-0.15, -0.1) is 0 Å². The van der Waals surface area contributed by atoms with Gasteiger partial charge in [-0.3, -0.25) is 4.79 Å². The van der Waals surface area contributed by atoms with Crippen LogP contribution in [0.3, 0.4) is 0 Å². The van der Waals surface area contributed by atoms with E-state index in [4.69, 9.17) is 34.8 Å². The molecule has 0 N–H and O–H groups in total. The van der Waals surface area contributed by atoms with Gasteiger partial charge in [-0.2, -0.15) is 0 Å². The Morgan fingerprint density at radius 1 is 0.793 bits per heavy atom. The maximum atomic E-state index is 12.7. The van der Waals surface area contributed by atoms with E-state index < -0.39 is 4.84 Å². The molecular weight excluding hydrogens is 425 g/mol. The van der Waals surface area contributed by atoms with Gasteiger partial charge >= 0.3 is 0 Å². The maximum Gasteiger partial charge on any atom is 0.256 e. The van der Waals surface area contributed by atoms with Crippen LogP contribution in [0.1, 0.15) is 29.0 Å². The number of amides is 1. The van der Waals surface area contributed by atoms with Gasteiger partial charge in [0.25, 0.3) is 5.91 Å². The smallest absolute Gasteiger partial charge is 0.256 e. The summed E-state index contributed by atoms with van der Waals surface area (Å²) in [6, 6.07) is 28.1. The fourth-order valence-electron chi connectivity index (χ4n) is 3.42. The predicted molar refractivity (Wildman–Crippen MR) is 122 cm³/mol. The molecule has 0 aliphatic rings. The molecule has 0 bridgehead atoms. The quantitative estimate of drug-likeness (QED) is 0.353. The van der Waals surface area contributed by atoms with Crippen molar-refractivity contribution >= 4 is 40.7 Å². The monoisotopic (exact) mass is 445 g/mol. The highest BCUT2D eigenvalue weighted by atomic mass is 35.5. The minimum absolute atomic E-state index is 0.156. The van der Waals surface area contributed by atoms with Crippen molar-refractivity contribution in [3.05, 3.63) is 107 Å². The molecule has 150 valence electrons. The minimum atomic E-state index is -1.11. The number of rotatable bonds is 8. The van der Waals surface area contributed by atoms with Crippen LogP contribution in [0.25, 0.3) is 0 Å². The van der Waals surface area contributed by atoms with E-state index in [1.165, 1.54) is 11.1 Å². The fourth-order valence-corrected chi connectivity index (χ4v) is 3.89. The van der Waals surface area contributed by atoms with Gasteiger partial charge in [-0.25, -0.2) is 0 Å². The summed E-state index contributed by atoms with van der Waals surface area (Å²) in [5, 5.41) is 0.619. The van der Waals surface area contributed by atoms with Crippen molar-refractivity contribution in [3.8, 4) is 0 Å². The number of nitrogens with zero attached hydrogens (tertiary/aromatic N) is 1. The Hall–Kier alpha value is -2.00. The number of halogens is 3. The average Bonchev–Trinajstić information content (AvgIpc) is 2.75. The molecule has 1 amide bonds. The van der Waals surface area contributed by atoms with Gasteiger partial charge in [0, 0.05) is 24.0 Å². The summed E-state index contributed by atoms with van der Waals surface area (Å²) in [6.45, 7) is 0.874. The Labute approximate surface area is 187 Å². The van der Waals surface area contributed by atoms with Crippen LogP contribution in [0.4, 0.5) is 0 Å². The summed E-state index contributed by atoms with van der Waals surface area (Å²) in [4.78, 5) is 13.2. The number of carbonyl (C=O) groups excluding carboxylic acids is 1. The van der Waals surface area contributed by atoms with Crippen molar-refractivity contribution in [3.63, 3.8) is 0 Å². The Morgan fingerprint density at radius 2 is 1.31 bits per heavy atom. The third kappa shape index (κ3) is 5.99. The number of hydrogen-bond donors (Lipinski definition) is 0. The highest BCUT2D eigenvalue weighted by Crippen LogP contribution is 2.29. The van der Waals surface area contributed by atoms with Gasteiger partial charge in [0.05, 0.1) is 0 Å². The molecule has 0 unspecified atom stereocenters. The van der Waals surface area contributed by atoms with E-state index >= 15 is 0 Å². The van der Waals surface area contributed by atoms with Crippen LogP contribution in [-0.2, 0) is 11.3 Å². The SMILES string of the molecule is O=C(C(Cl)Cl)N(CCC(c1ccccc1)c1ccccc1)Cc1ccccc1Cl. The largest absolute Gasteiger partial charge is 0.336 e. The summed E-state index contributed by atoms with van der Waals surface area (Å²) in [7, 11) is 0. The van der Waals surface area contributed by atoms with Crippen LogP contribution in [0.5, 0.6) is 0 Å². The Balaban J connectivity index is 1.83. The second kappa shape index (κ2) is 10.7. The van der Waals surface area contributed by atoms with Crippen LogP contribution >= 0.6 is 34.8 Å². The Morgan fingerprint density at radius 3 is 1.83 bits per heavy atom. The average molecular weight is 447 g/mol. The first kappa shape index (κ1) is 21.7. The summed E-state index contributed by atoms with van der Waals surface area (Å²) < 4.78 is 0. The van der Waals surface area contributed by atoms with Gasteiger partial charge in [0.15, 0.2) is 4.84 Å². The Bertz CT molecular complexity index is 876. The second-order valence-corrected chi connectivity index (χ2v) is 8.32. The highest BCUT2D eigenvalue weighted by molar-refractivity contribution is 6.53. The molecule has 0 atom stereocenters. The number of carbonyl (C=O) groups is 1. The van der Waals surface area contributed by atoms with Crippen molar-refractivity contribution < 1.29 is 4.79 Å². The maximum absolute atomic E-state index is 12.7. The first-order chi connectivity index (χ1) is 14.1. The van der Waals surface area contributed by atoms with E-state index in [9.17, 15) is 4.79 Å². The molecule has 0 fully saturated rings. The van der Waals surface area contributed by atoms with Gasteiger partial charge in [0.1, 0.15) is 0 Å². The molecule has 0 aliphatic heterocycles. The molecular formula is C24H22Cl3NO. The molecule has 3 rings (SSSR count). The summed E-state index contributed by atoms with van der Waals surface area (Å²) in [5.41, 5.74) is 3.28. The van der Waals surface area contributed by atoms with E-state index in [0.29, 0.717) is 18.1 Å². The highest BCUT2D eigenvalue weighted by Gasteiger charge is 2.23. The third-order valence-corrected chi connectivity index (χ3v) is 5.65. The van der Waals surface area contributed by atoms with E-state index in [-0.39, 0.29) is 11.8 Å². The molecule has 2 nitrogen and oxygen atoms in total. The lowest BCUT2D eigenvalue weighted by atomic mass is 9.88. The summed E-state index contributed by atoms with van der Waals surface area (Å²) in [6.07, 6.45) is 0.741. The van der Waals surface area contributed by atoms with Gasteiger partial charge < -0.3 is 4.90 Å². The van der Waals surface area contributed by atoms with Crippen LogP contribution < -0.4 is 0 Å². The lowest BCUT2D eigenvalue weighted by Gasteiger charge is -2.27. The van der Waals surface area contributed by atoms with Crippen molar-refractivity contribution in [2.24, 2.45) is 0 Å². The van der Waals surface area contributed by atoms with Gasteiger partial charge in [-0.05, 0) is 29.2 Å². The van der Waals surface area contributed by atoms with Crippen LogP contribution in [0.15, 0.2) is 84.9 Å². The van der Waals surface area contributed by atoms with Crippen molar-refractivity contribution in [1.29, 1.82) is 0 Å². The molecule has 3 aromatic carbocycles. The normalized spacial score (nSPS) is 11.1. The fraction of sp³-hybridized carbons (Fsp3) is 0.208. The molecule has 29 heavy (non-hydrogen) atoms. The molecule has 0 saturated carbocycles. The lowest BCUT2D eigenvalue weighted by Crippen LogP contribution is -2.36. The first-order valence-corrected chi connectivity index (χ1v) is 10.7.